The van der Waals surface area contributed by atoms with Crippen molar-refractivity contribution < 1.29 is 9.72 Å². The lowest BCUT2D eigenvalue weighted by Crippen LogP contribution is -2.52. The van der Waals surface area contributed by atoms with Crippen LogP contribution < -0.4 is 5.32 Å². The van der Waals surface area contributed by atoms with Gasteiger partial charge in [-0.1, -0.05) is 42.5 Å². The van der Waals surface area contributed by atoms with Crippen LogP contribution in [0.2, 0.25) is 0 Å². The fraction of sp³-hybridized carbons (Fsp3) is 0.385. The van der Waals surface area contributed by atoms with Crippen molar-refractivity contribution in [3.8, 4) is 11.1 Å². The minimum atomic E-state index is -0.544. The van der Waals surface area contributed by atoms with Crippen molar-refractivity contribution in [1.29, 1.82) is 0 Å². The van der Waals surface area contributed by atoms with Gasteiger partial charge in [0.2, 0.25) is 5.69 Å². The van der Waals surface area contributed by atoms with E-state index < -0.39 is 10.8 Å². The van der Waals surface area contributed by atoms with Crippen LogP contribution in [0.3, 0.4) is 0 Å². The summed E-state index contributed by atoms with van der Waals surface area (Å²) < 4.78 is 1.78. The molecule has 0 atom stereocenters. The van der Waals surface area contributed by atoms with Gasteiger partial charge in [0.15, 0.2) is 0 Å². The highest BCUT2D eigenvalue weighted by molar-refractivity contribution is 6.05. The molecule has 168 valence electrons. The molecule has 0 unspecified atom stereocenters. The highest BCUT2D eigenvalue weighted by atomic mass is 16.6. The van der Waals surface area contributed by atoms with Gasteiger partial charge in [0.05, 0.1) is 10.5 Å². The second-order valence-electron chi connectivity index (χ2n) is 10.1. The average Bonchev–Trinajstić information content (AvgIpc) is 3.27. The monoisotopic (exact) mass is 442 g/mol. The number of nitrogens with zero attached hydrogens (tertiary/aromatic N) is 3. The molecular formula is C26H26N4O3. The third-order valence-electron chi connectivity index (χ3n) is 7.85. The van der Waals surface area contributed by atoms with Crippen molar-refractivity contribution >= 4 is 17.3 Å². The molecule has 4 saturated carbocycles. The summed E-state index contributed by atoms with van der Waals surface area (Å²) in [6.07, 6.45) is 8.36. The van der Waals surface area contributed by atoms with Crippen molar-refractivity contribution in [2.24, 2.45) is 17.8 Å². The minimum Gasteiger partial charge on any atom is -0.320 e. The van der Waals surface area contributed by atoms with E-state index in [9.17, 15) is 14.9 Å². The zero-order valence-electron chi connectivity index (χ0n) is 18.3. The molecule has 3 aromatic rings. The first-order valence-electron chi connectivity index (χ1n) is 11.7. The highest BCUT2D eigenvalue weighted by Crippen LogP contribution is 2.58. The molecular weight excluding hydrogens is 416 g/mol. The van der Waals surface area contributed by atoms with Crippen LogP contribution in [0, 0.1) is 27.9 Å². The number of amides is 1. The van der Waals surface area contributed by atoms with E-state index in [0.29, 0.717) is 23.4 Å². The van der Waals surface area contributed by atoms with E-state index in [1.54, 1.807) is 4.68 Å². The van der Waals surface area contributed by atoms with Crippen LogP contribution in [0.1, 0.15) is 49.0 Å². The van der Waals surface area contributed by atoms with Crippen LogP contribution in [-0.4, -0.2) is 20.6 Å². The summed E-state index contributed by atoms with van der Waals surface area (Å²) >= 11 is 0. The average molecular weight is 443 g/mol. The van der Waals surface area contributed by atoms with Gasteiger partial charge in [-0.2, -0.15) is 5.10 Å². The molecule has 1 amide bonds. The Balaban J connectivity index is 1.26. The number of hydrogen-bond donors (Lipinski definition) is 1. The molecule has 1 heterocycles. The predicted molar refractivity (Wildman–Crippen MR) is 125 cm³/mol. The third kappa shape index (κ3) is 3.52. The number of anilines is 1. The van der Waals surface area contributed by atoms with Gasteiger partial charge in [-0.3, -0.25) is 19.6 Å². The Bertz CT molecular complexity index is 1180. The Kier molecular flexibility index (Phi) is 4.60. The molecule has 4 bridgehead atoms. The van der Waals surface area contributed by atoms with E-state index in [2.05, 4.69) is 10.4 Å². The lowest BCUT2D eigenvalue weighted by Gasteiger charge is -2.56. The molecule has 0 radical (unpaired) electrons. The molecule has 1 aromatic heterocycles. The van der Waals surface area contributed by atoms with Crippen molar-refractivity contribution in [2.45, 2.75) is 44.1 Å². The fourth-order valence-corrected chi connectivity index (χ4v) is 6.82. The Morgan fingerprint density at radius 2 is 1.52 bits per heavy atom. The van der Waals surface area contributed by atoms with Gasteiger partial charge >= 0.3 is 5.69 Å². The normalized spacial score (nSPS) is 27.5. The van der Waals surface area contributed by atoms with Gasteiger partial charge < -0.3 is 5.32 Å². The SMILES string of the molecule is O=C(Nc1ccc(-c2ccccc2)cc1)c1nn(C23CC4CC(CC(C4)C2)C3)cc1[N+](=O)[O-]. The van der Waals surface area contributed by atoms with Crippen LogP contribution in [0.5, 0.6) is 0 Å². The maximum absolute atomic E-state index is 13.0. The fourth-order valence-electron chi connectivity index (χ4n) is 6.82. The van der Waals surface area contributed by atoms with Crippen molar-refractivity contribution in [3.63, 3.8) is 0 Å². The number of aromatic nitrogens is 2. The van der Waals surface area contributed by atoms with E-state index in [1.807, 2.05) is 54.6 Å². The largest absolute Gasteiger partial charge is 0.320 e. The van der Waals surface area contributed by atoms with Crippen LogP contribution in [-0.2, 0) is 5.54 Å². The van der Waals surface area contributed by atoms with E-state index in [1.165, 1.54) is 25.5 Å². The first-order valence-corrected chi connectivity index (χ1v) is 11.7. The van der Waals surface area contributed by atoms with Gasteiger partial charge in [-0.15, -0.1) is 0 Å². The van der Waals surface area contributed by atoms with Gasteiger partial charge in [0, 0.05) is 5.69 Å². The summed E-state index contributed by atoms with van der Waals surface area (Å²) in [4.78, 5) is 24.3. The molecule has 33 heavy (non-hydrogen) atoms. The predicted octanol–water partition coefficient (Wildman–Crippen LogP) is 5.64. The molecule has 7 heteroatoms. The summed E-state index contributed by atoms with van der Waals surface area (Å²) in [7, 11) is 0. The maximum atomic E-state index is 13.0. The van der Waals surface area contributed by atoms with Crippen LogP contribution in [0.4, 0.5) is 11.4 Å². The van der Waals surface area contributed by atoms with Crippen LogP contribution in [0.15, 0.2) is 60.8 Å². The molecule has 7 rings (SSSR count). The van der Waals surface area contributed by atoms with Crippen LogP contribution in [0.25, 0.3) is 11.1 Å². The Morgan fingerprint density at radius 3 is 2.09 bits per heavy atom. The minimum absolute atomic E-state index is 0.108. The summed E-state index contributed by atoms with van der Waals surface area (Å²) in [6.45, 7) is 0. The zero-order valence-corrected chi connectivity index (χ0v) is 18.3. The van der Waals surface area contributed by atoms with E-state index in [-0.39, 0.29) is 16.9 Å². The summed E-state index contributed by atoms with van der Waals surface area (Å²) in [5.41, 5.74) is 2.20. The molecule has 0 aliphatic heterocycles. The molecule has 1 N–H and O–H groups in total. The number of nitro groups is 1. The molecule has 0 spiro atoms. The smallest absolute Gasteiger partial charge is 0.320 e. The molecule has 4 aliphatic rings. The quantitative estimate of drug-likeness (QED) is 0.409. The van der Waals surface area contributed by atoms with Crippen molar-refractivity contribution in [3.05, 3.63) is 76.6 Å². The first-order chi connectivity index (χ1) is 16.0. The second kappa shape index (κ2) is 7.54. The summed E-state index contributed by atoms with van der Waals surface area (Å²) in [6, 6.07) is 17.4. The highest BCUT2D eigenvalue weighted by Gasteiger charge is 2.53. The lowest BCUT2D eigenvalue weighted by molar-refractivity contribution is -0.385. The van der Waals surface area contributed by atoms with E-state index >= 15 is 0 Å². The topological polar surface area (TPSA) is 90.1 Å². The van der Waals surface area contributed by atoms with Crippen LogP contribution >= 0.6 is 0 Å². The Labute approximate surface area is 192 Å². The molecule has 7 nitrogen and oxygen atoms in total. The van der Waals surface area contributed by atoms with Gasteiger partial charge in [0.25, 0.3) is 5.91 Å². The maximum Gasteiger partial charge on any atom is 0.320 e. The zero-order chi connectivity index (χ0) is 22.6. The lowest BCUT2D eigenvalue weighted by atomic mass is 9.53. The summed E-state index contributed by atoms with van der Waals surface area (Å²) in [5.74, 6) is 1.50. The van der Waals surface area contributed by atoms with Gasteiger partial charge in [-0.25, -0.2) is 0 Å². The van der Waals surface area contributed by atoms with E-state index in [4.69, 9.17) is 0 Å². The Morgan fingerprint density at radius 1 is 0.939 bits per heavy atom. The number of carbonyl (C=O) groups is 1. The Hall–Kier alpha value is -3.48. The molecule has 2 aromatic carbocycles. The van der Waals surface area contributed by atoms with Crippen molar-refractivity contribution in [1.82, 2.24) is 9.78 Å². The molecule has 4 aliphatic carbocycles. The standard InChI is InChI=1S/C26H26N4O3/c31-25(27-22-8-6-21(7-9-22)20-4-2-1-3-5-20)24-23(30(32)33)16-29(28-24)26-13-17-10-18(14-26)12-19(11-17)15-26/h1-9,16-19H,10-15H2,(H,27,31). The number of hydrogen-bond acceptors (Lipinski definition) is 4. The number of rotatable bonds is 5. The number of benzene rings is 2. The second-order valence-corrected chi connectivity index (χ2v) is 10.1. The number of nitrogens with one attached hydrogen (secondary N) is 1. The first kappa shape index (κ1) is 20.1. The summed E-state index contributed by atoms with van der Waals surface area (Å²) in [5, 5.41) is 19.1. The van der Waals surface area contributed by atoms with Gasteiger partial charge in [0.1, 0.15) is 6.20 Å². The number of carbonyl (C=O) groups excluding carboxylic acids is 1. The molecule has 0 saturated heterocycles. The van der Waals surface area contributed by atoms with E-state index in [0.717, 1.165) is 30.4 Å². The van der Waals surface area contributed by atoms with Crippen molar-refractivity contribution in [2.75, 3.05) is 5.32 Å². The molecule has 4 fully saturated rings. The van der Waals surface area contributed by atoms with Gasteiger partial charge in [-0.05, 0) is 79.5 Å². The third-order valence-corrected chi connectivity index (χ3v) is 7.85.